The van der Waals surface area contributed by atoms with Crippen LogP contribution in [0.3, 0.4) is 0 Å². The molecule has 34 heavy (non-hydrogen) atoms. The number of methoxy groups -OCH3 is 2. The average molecular weight is 471 g/mol. The molecular formula is C25H31FN4O4. The molecule has 0 unspecified atom stereocenters. The van der Waals surface area contributed by atoms with E-state index < -0.39 is 0 Å². The van der Waals surface area contributed by atoms with Gasteiger partial charge in [-0.05, 0) is 49.5 Å². The number of aromatic amines is 1. The molecule has 8 nitrogen and oxygen atoms in total. The SMILES string of the molecule is CCN(CC)CCN(Cc1cc2cc(OC)c(OC)cc2[nH]c1=O)C(=O)Nc1ccc(F)cc1. The predicted octanol–water partition coefficient (Wildman–Crippen LogP) is 4.06. The van der Waals surface area contributed by atoms with E-state index in [-0.39, 0.29) is 24.0 Å². The standard InChI is InChI=1S/C25H31FN4O4/c1-5-29(6-2)11-12-30(25(32)27-20-9-7-19(26)8-10-20)16-18-13-17-14-22(33-3)23(34-4)15-21(17)28-24(18)31/h7-10,13-15H,5-6,11-12,16H2,1-4H3,(H,27,32)(H,28,31). The van der Waals surface area contributed by atoms with Gasteiger partial charge in [0.25, 0.3) is 5.56 Å². The van der Waals surface area contributed by atoms with E-state index in [2.05, 4.69) is 29.0 Å². The maximum absolute atomic E-state index is 13.2. The zero-order chi connectivity index (χ0) is 24.7. The first-order valence-corrected chi connectivity index (χ1v) is 11.2. The van der Waals surface area contributed by atoms with Crippen LogP contribution in [0.25, 0.3) is 10.9 Å². The highest BCUT2D eigenvalue weighted by Gasteiger charge is 2.18. The van der Waals surface area contributed by atoms with Crippen LogP contribution in [0.2, 0.25) is 0 Å². The fraction of sp³-hybridized carbons (Fsp3) is 0.360. The summed E-state index contributed by atoms with van der Waals surface area (Å²) in [5.74, 6) is 0.671. The summed E-state index contributed by atoms with van der Waals surface area (Å²) >= 11 is 0. The van der Waals surface area contributed by atoms with Crippen LogP contribution in [0.15, 0.2) is 47.3 Å². The maximum atomic E-state index is 13.2. The van der Waals surface area contributed by atoms with Crippen LogP contribution in [-0.2, 0) is 6.54 Å². The van der Waals surface area contributed by atoms with Gasteiger partial charge in [0, 0.05) is 35.8 Å². The summed E-state index contributed by atoms with van der Waals surface area (Å²) in [6, 6.07) is 10.4. The van der Waals surface area contributed by atoms with Crippen molar-refractivity contribution in [1.82, 2.24) is 14.8 Å². The monoisotopic (exact) mass is 470 g/mol. The van der Waals surface area contributed by atoms with Crippen LogP contribution in [0.1, 0.15) is 19.4 Å². The van der Waals surface area contributed by atoms with Crippen LogP contribution >= 0.6 is 0 Å². The lowest BCUT2D eigenvalue weighted by Gasteiger charge is -2.26. The summed E-state index contributed by atoms with van der Waals surface area (Å²) in [7, 11) is 3.08. The number of carbonyl (C=O) groups is 1. The molecule has 0 saturated heterocycles. The Kier molecular flexibility index (Phi) is 8.48. The summed E-state index contributed by atoms with van der Waals surface area (Å²) in [6.07, 6.45) is 0. The predicted molar refractivity (Wildman–Crippen MR) is 131 cm³/mol. The number of halogens is 1. The molecule has 2 aromatic carbocycles. The second-order valence-corrected chi connectivity index (χ2v) is 7.80. The minimum absolute atomic E-state index is 0.105. The Morgan fingerprint density at radius 1 is 1.00 bits per heavy atom. The van der Waals surface area contributed by atoms with Gasteiger partial charge in [0.2, 0.25) is 0 Å². The summed E-state index contributed by atoms with van der Waals surface area (Å²) in [4.78, 5) is 32.6. The topological polar surface area (TPSA) is 86.9 Å². The lowest BCUT2D eigenvalue weighted by Crippen LogP contribution is -2.41. The number of amides is 2. The number of urea groups is 1. The zero-order valence-electron chi connectivity index (χ0n) is 20.0. The van der Waals surface area contributed by atoms with E-state index >= 15 is 0 Å². The summed E-state index contributed by atoms with van der Waals surface area (Å²) < 4.78 is 23.9. The van der Waals surface area contributed by atoms with Crippen LogP contribution in [0, 0.1) is 5.82 Å². The highest BCUT2D eigenvalue weighted by atomic mass is 19.1. The average Bonchev–Trinajstić information content (AvgIpc) is 2.84. The van der Waals surface area contributed by atoms with E-state index in [1.54, 1.807) is 30.2 Å². The van der Waals surface area contributed by atoms with Gasteiger partial charge in [-0.3, -0.25) is 4.79 Å². The largest absolute Gasteiger partial charge is 0.493 e. The van der Waals surface area contributed by atoms with E-state index in [9.17, 15) is 14.0 Å². The number of anilines is 1. The third-order valence-electron chi connectivity index (χ3n) is 5.75. The molecule has 182 valence electrons. The van der Waals surface area contributed by atoms with Gasteiger partial charge < -0.3 is 29.6 Å². The Balaban J connectivity index is 1.90. The molecule has 0 bridgehead atoms. The van der Waals surface area contributed by atoms with Crippen LogP contribution in [0.5, 0.6) is 11.5 Å². The van der Waals surface area contributed by atoms with Crippen molar-refractivity contribution in [2.75, 3.05) is 45.7 Å². The minimum atomic E-state index is -0.383. The van der Waals surface area contributed by atoms with Crippen LogP contribution in [0.4, 0.5) is 14.9 Å². The summed E-state index contributed by atoms with van der Waals surface area (Å²) in [5, 5.41) is 3.55. The third-order valence-corrected chi connectivity index (χ3v) is 5.75. The lowest BCUT2D eigenvalue weighted by atomic mass is 10.1. The number of benzene rings is 2. The van der Waals surface area contributed by atoms with Gasteiger partial charge in [0.05, 0.1) is 26.3 Å². The molecule has 0 spiro atoms. The quantitative estimate of drug-likeness (QED) is 0.467. The van der Waals surface area contributed by atoms with Gasteiger partial charge >= 0.3 is 6.03 Å². The molecule has 9 heteroatoms. The molecule has 2 amide bonds. The first kappa shape index (κ1) is 25.0. The van der Waals surface area contributed by atoms with E-state index in [1.807, 2.05) is 0 Å². The number of nitrogens with zero attached hydrogens (tertiary/aromatic N) is 2. The normalized spacial score (nSPS) is 11.0. The number of carbonyl (C=O) groups excluding carboxylic acids is 1. The van der Waals surface area contributed by atoms with Crippen LogP contribution in [-0.4, -0.2) is 61.2 Å². The van der Waals surface area contributed by atoms with Crippen molar-refractivity contribution >= 4 is 22.6 Å². The first-order chi connectivity index (χ1) is 16.4. The highest BCUT2D eigenvalue weighted by Crippen LogP contribution is 2.31. The van der Waals surface area contributed by atoms with Crippen molar-refractivity contribution in [3.63, 3.8) is 0 Å². The number of ether oxygens (including phenoxy) is 2. The Morgan fingerprint density at radius 3 is 2.26 bits per heavy atom. The number of nitrogens with one attached hydrogen (secondary N) is 2. The van der Waals surface area contributed by atoms with Gasteiger partial charge in [-0.2, -0.15) is 0 Å². The molecular weight excluding hydrogens is 439 g/mol. The summed E-state index contributed by atoms with van der Waals surface area (Å²) in [6.45, 7) is 6.99. The van der Waals surface area contributed by atoms with Gasteiger partial charge in [-0.1, -0.05) is 13.8 Å². The van der Waals surface area contributed by atoms with E-state index in [4.69, 9.17) is 9.47 Å². The second kappa shape index (κ2) is 11.5. The molecule has 0 aliphatic heterocycles. The highest BCUT2D eigenvalue weighted by molar-refractivity contribution is 5.89. The van der Waals surface area contributed by atoms with Crippen molar-refractivity contribution in [2.24, 2.45) is 0 Å². The molecule has 2 N–H and O–H groups in total. The lowest BCUT2D eigenvalue weighted by molar-refractivity contribution is 0.194. The number of likely N-dealkylation sites (N-methyl/N-ethyl adjacent to an activating group) is 1. The van der Waals surface area contributed by atoms with E-state index in [0.717, 1.165) is 18.5 Å². The van der Waals surface area contributed by atoms with Crippen molar-refractivity contribution in [3.05, 3.63) is 64.2 Å². The molecule has 0 radical (unpaired) electrons. The summed E-state index contributed by atoms with van der Waals surface area (Å²) in [5.41, 5.74) is 1.23. The fourth-order valence-corrected chi connectivity index (χ4v) is 3.69. The molecule has 0 aliphatic carbocycles. The van der Waals surface area contributed by atoms with Crippen molar-refractivity contribution in [3.8, 4) is 11.5 Å². The fourth-order valence-electron chi connectivity index (χ4n) is 3.69. The van der Waals surface area contributed by atoms with Crippen LogP contribution < -0.4 is 20.3 Å². The van der Waals surface area contributed by atoms with Gasteiger partial charge in [-0.25, -0.2) is 9.18 Å². The minimum Gasteiger partial charge on any atom is -0.493 e. The Hall–Kier alpha value is -3.59. The smallest absolute Gasteiger partial charge is 0.322 e. The molecule has 0 aliphatic rings. The Bertz CT molecular complexity index is 1180. The molecule has 1 heterocycles. The number of hydrogen-bond acceptors (Lipinski definition) is 5. The van der Waals surface area contributed by atoms with E-state index in [0.29, 0.717) is 41.4 Å². The number of fused-ring (bicyclic) bond motifs is 1. The van der Waals surface area contributed by atoms with Gasteiger partial charge in [0.15, 0.2) is 11.5 Å². The molecule has 0 saturated carbocycles. The van der Waals surface area contributed by atoms with E-state index in [1.165, 1.54) is 31.4 Å². The number of pyridine rings is 1. The second-order valence-electron chi connectivity index (χ2n) is 7.80. The molecule has 1 aromatic heterocycles. The Morgan fingerprint density at radius 2 is 1.65 bits per heavy atom. The number of rotatable bonds is 10. The van der Waals surface area contributed by atoms with Crippen molar-refractivity contribution in [1.29, 1.82) is 0 Å². The first-order valence-electron chi connectivity index (χ1n) is 11.2. The number of aromatic nitrogens is 1. The molecule has 0 atom stereocenters. The van der Waals surface area contributed by atoms with Gasteiger partial charge in [0.1, 0.15) is 5.82 Å². The van der Waals surface area contributed by atoms with Crippen molar-refractivity contribution in [2.45, 2.75) is 20.4 Å². The van der Waals surface area contributed by atoms with Crippen molar-refractivity contribution < 1.29 is 18.7 Å². The maximum Gasteiger partial charge on any atom is 0.322 e. The molecule has 0 fully saturated rings. The number of H-pyrrole nitrogens is 1. The van der Waals surface area contributed by atoms with Gasteiger partial charge in [-0.15, -0.1) is 0 Å². The Labute approximate surface area is 198 Å². The zero-order valence-corrected chi connectivity index (χ0v) is 20.0. The molecule has 3 aromatic rings. The molecule has 3 rings (SSSR count). The third kappa shape index (κ3) is 6.05. The number of hydrogen-bond donors (Lipinski definition) is 2.